The van der Waals surface area contributed by atoms with Crippen molar-refractivity contribution < 1.29 is 24.5 Å². The second kappa shape index (κ2) is 3.57. The minimum absolute atomic E-state index is 0.0839. The van der Waals surface area contributed by atoms with Crippen molar-refractivity contribution in [2.24, 2.45) is 5.92 Å². The van der Waals surface area contributed by atoms with E-state index < -0.39 is 24.0 Å². The molecule has 0 aliphatic heterocycles. The highest BCUT2D eigenvalue weighted by atomic mass is 16.5. The third-order valence-electron chi connectivity index (χ3n) is 1.96. The van der Waals surface area contributed by atoms with Gasteiger partial charge in [0.15, 0.2) is 0 Å². The second-order valence-electron chi connectivity index (χ2n) is 2.81. The standard InChI is InChI=1S/C8H10O5/c1-13-8(12)6-3-4(9)2-5(6)7(10)11/h2,4,6,9H,3H2,1H3,(H,10,11). The van der Waals surface area contributed by atoms with Gasteiger partial charge in [-0.15, -0.1) is 0 Å². The molecular weight excluding hydrogens is 176 g/mol. The molecule has 1 aliphatic rings. The Bertz CT molecular complexity index is 268. The van der Waals surface area contributed by atoms with Gasteiger partial charge in [0, 0.05) is 5.57 Å². The predicted molar refractivity (Wildman–Crippen MR) is 41.8 cm³/mol. The van der Waals surface area contributed by atoms with Crippen LogP contribution in [0.2, 0.25) is 0 Å². The molecule has 0 saturated carbocycles. The fraction of sp³-hybridized carbons (Fsp3) is 0.500. The lowest BCUT2D eigenvalue weighted by atomic mass is 10.0. The third kappa shape index (κ3) is 1.86. The van der Waals surface area contributed by atoms with Gasteiger partial charge in [-0.05, 0) is 12.5 Å². The van der Waals surface area contributed by atoms with Gasteiger partial charge >= 0.3 is 11.9 Å². The molecule has 2 unspecified atom stereocenters. The minimum Gasteiger partial charge on any atom is -0.478 e. The molecule has 0 fully saturated rings. The first-order valence-corrected chi connectivity index (χ1v) is 3.77. The zero-order valence-electron chi connectivity index (χ0n) is 7.06. The molecule has 1 rings (SSSR count). The minimum atomic E-state index is -1.19. The van der Waals surface area contributed by atoms with Gasteiger partial charge in [0.25, 0.3) is 0 Å². The van der Waals surface area contributed by atoms with Crippen LogP contribution >= 0.6 is 0 Å². The van der Waals surface area contributed by atoms with Crippen LogP contribution in [0.4, 0.5) is 0 Å². The number of carboxylic acid groups (broad SMARTS) is 1. The maximum absolute atomic E-state index is 11.0. The maximum Gasteiger partial charge on any atom is 0.332 e. The monoisotopic (exact) mass is 186 g/mol. The highest BCUT2D eigenvalue weighted by Crippen LogP contribution is 2.27. The summed E-state index contributed by atoms with van der Waals surface area (Å²) in [4.78, 5) is 21.6. The Kier molecular flexibility index (Phi) is 2.67. The zero-order chi connectivity index (χ0) is 10.0. The van der Waals surface area contributed by atoms with E-state index in [1.165, 1.54) is 13.2 Å². The van der Waals surface area contributed by atoms with Crippen LogP contribution in [0.15, 0.2) is 11.6 Å². The van der Waals surface area contributed by atoms with Gasteiger partial charge in [0.1, 0.15) is 0 Å². The molecule has 13 heavy (non-hydrogen) atoms. The van der Waals surface area contributed by atoms with Crippen LogP contribution in [0.3, 0.4) is 0 Å². The number of rotatable bonds is 2. The van der Waals surface area contributed by atoms with Crippen molar-refractivity contribution in [3.8, 4) is 0 Å². The Morgan fingerprint density at radius 2 is 2.23 bits per heavy atom. The van der Waals surface area contributed by atoms with Crippen molar-refractivity contribution in [1.29, 1.82) is 0 Å². The first-order valence-electron chi connectivity index (χ1n) is 3.77. The van der Waals surface area contributed by atoms with Gasteiger partial charge in [-0.25, -0.2) is 4.79 Å². The quantitative estimate of drug-likeness (QED) is 0.571. The van der Waals surface area contributed by atoms with E-state index >= 15 is 0 Å². The summed E-state index contributed by atoms with van der Waals surface area (Å²) in [7, 11) is 1.19. The van der Waals surface area contributed by atoms with Crippen LogP contribution < -0.4 is 0 Å². The third-order valence-corrected chi connectivity index (χ3v) is 1.96. The molecule has 5 heteroatoms. The number of hydrogen-bond acceptors (Lipinski definition) is 4. The number of carbonyl (C=O) groups is 2. The number of carboxylic acids is 1. The van der Waals surface area contributed by atoms with E-state index in [1.54, 1.807) is 0 Å². The number of aliphatic carboxylic acids is 1. The summed E-state index contributed by atoms with van der Waals surface area (Å²) in [6, 6.07) is 0. The number of ether oxygens (including phenoxy) is 1. The summed E-state index contributed by atoms with van der Waals surface area (Å²) in [5.41, 5.74) is -0.0839. The fourth-order valence-corrected chi connectivity index (χ4v) is 1.35. The van der Waals surface area contributed by atoms with Gasteiger partial charge in [-0.1, -0.05) is 0 Å². The lowest BCUT2D eigenvalue weighted by Gasteiger charge is -2.08. The van der Waals surface area contributed by atoms with E-state index in [2.05, 4.69) is 4.74 Å². The van der Waals surface area contributed by atoms with Gasteiger partial charge in [0.2, 0.25) is 0 Å². The van der Waals surface area contributed by atoms with E-state index in [0.717, 1.165) is 0 Å². The summed E-state index contributed by atoms with van der Waals surface area (Å²) in [5.74, 6) is -2.64. The van der Waals surface area contributed by atoms with Crippen molar-refractivity contribution >= 4 is 11.9 Å². The molecule has 2 N–H and O–H groups in total. The first kappa shape index (κ1) is 9.73. The van der Waals surface area contributed by atoms with E-state index in [4.69, 9.17) is 10.2 Å². The summed E-state index contributed by atoms with van der Waals surface area (Å²) >= 11 is 0. The average Bonchev–Trinajstić information content (AvgIpc) is 2.46. The van der Waals surface area contributed by atoms with Crippen LogP contribution in [0.5, 0.6) is 0 Å². The Hall–Kier alpha value is -1.36. The Balaban J connectivity index is 2.83. The van der Waals surface area contributed by atoms with Crippen LogP contribution in [0, 0.1) is 5.92 Å². The number of methoxy groups -OCH3 is 1. The van der Waals surface area contributed by atoms with E-state index in [-0.39, 0.29) is 12.0 Å². The van der Waals surface area contributed by atoms with Gasteiger partial charge in [0.05, 0.1) is 19.1 Å². The number of aliphatic hydroxyl groups excluding tert-OH is 1. The molecule has 0 heterocycles. The van der Waals surface area contributed by atoms with E-state index in [0.29, 0.717) is 0 Å². The van der Waals surface area contributed by atoms with Crippen molar-refractivity contribution in [2.45, 2.75) is 12.5 Å². The van der Waals surface area contributed by atoms with Gasteiger partial charge < -0.3 is 14.9 Å². The molecule has 0 bridgehead atoms. The molecule has 5 nitrogen and oxygen atoms in total. The van der Waals surface area contributed by atoms with Crippen molar-refractivity contribution in [2.75, 3.05) is 7.11 Å². The summed E-state index contributed by atoms with van der Waals surface area (Å²) in [6.45, 7) is 0. The summed E-state index contributed by atoms with van der Waals surface area (Å²) in [6.07, 6.45) is 0.397. The number of hydrogen-bond donors (Lipinski definition) is 2. The lowest BCUT2D eigenvalue weighted by Crippen LogP contribution is -2.20. The highest BCUT2D eigenvalue weighted by Gasteiger charge is 2.35. The largest absolute Gasteiger partial charge is 0.478 e. The SMILES string of the molecule is COC(=O)C1CC(O)C=C1C(=O)O. The molecule has 0 radical (unpaired) electrons. The molecule has 2 atom stereocenters. The van der Waals surface area contributed by atoms with E-state index in [9.17, 15) is 9.59 Å². The topological polar surface area (TPSA) is 83.8 Å². The summed E-state index contributed by atoms with van der Waals surface area (Å²) in [5, 5.41) is 17.8. The molecule has 72 valence electrons. The normalized spacial score (nSPS) is 26.8. The van der Waals surface area contributed by atoms with E-state index in [1.807, 2.05) is 0 Å². The first-order chi connectivity index (χ1) is 6.06. The maximum atomic E-state index is 11.0. The Morgan fingerprint density at radius 3 is 2.69 bits per heavy atom. The molecule has 0 saturated heterocycles. The average molecular weight is 186 g/mol. The Morgan fingerprint density at radius 1 is 1.62 bits per heavy atom. The number of esters is 1. The molecule has 0 aromatic carbocycles. The molecular formula is C8H10O5. The molecule has 0 aromatic heterocycles. The zero-order valence-corrected chi connectivity index (χ0v) is 7.06. The molecule has 1 aliphatic carbocycles. The van der Waals surface area contributed by atoms with Crippen LogP contribution in [0.25, 0.3) is 0 Å². The molecule has 0 aromatic rings. The fourth-order valence-electron chi connectivity index (χ4n) is 1.35. The Labute approximate surface area is 74.6 Å². The molecule has 0 spiro atoms. The van der Waals surface area contributed by atoms with Crippen molar-refractivity contribution in [3.63, 3.8) is 0 Å². The smallest absolute Gasteiger partial charge is 0.332 e. The van der Waals surface area contributed by atoms with Gasteiger partial charge in [-0.3, -0.25) is 4.79 Å². The number of carbonyl (C=O) groups excluding carboxylic acids is 1. The van der Waals surface area contributed by atoms with Crippen LogP contribution in [-0.2, 0) is 14.3 Å². The van der Waals surface area contributed by atoms with Crippen molar-refractivity contribution in [3.05, 3.63) is 11.6 Å². The lowest BCUT2D eigenvalue weighted by molar-refractivity contribution is -0.146. The number of aliphatic hydroxyl groups is 1. The highest BCUT2D eigenvalue weighted by molar-refractivity contribution is 5.95. The molecule has 0 amide bonds. The van der Waals surface area contributed by atoms with Crippen LogP contribution in [-0.4, -0.2) is 35.4 Å². The predicted octanol–water partition coefficient (Wildman–Crippen LogP) is -0.449. The van der Waals surface area contributed by atoms with Crippen molar-refractivity contribution in [1.82, 2.24) is 0 Å². The van der Waals surface area contributed by atoms with Crippen LogP contribution in [0.1, 0.15) is 6.42 Å². The second-order valence-corrected chi connectivity index (χ2v) is 2.81. The summed E-state index contributed by atoms with van der Waals surface area (Å²) < 4.78 is 4.41. The van der Waals surface area contributed by atoms with Gasteiger partial charge in [-0.2, -0.15) is 0 Å².